The molecule has 0 fully saturated rings. The number of carbonyl (C=O) groups excluding carboxylic acids is 1. The highest BCUT2D eigenvalue weighted by Crippen LogP contribution is 2.38. The van der Waals surface area contributed by atoms with Gasteiger partial charge in [0.25, 0.3) is 7.82 Å². The summed E-state index contributed by atoms with van der Waals surface area (Å²) in [4.78, 5) is 25.6. The Hall–Kier alpha value is -3.88. The fourth-order valence-corrected chi connectivity index (χ4v) is 9.88. The molecule has 0 aromatic carbocycles. The number of nitrogens with zero attached hydrogens (tertiary/aromatic N) is 1. The lowest BCUT2D eigenvalue weighted by atomic mass is 10.0. The van der Waals surface area contributed by atoms with Gasteiger partial charge >= 0.3 is 0 Å². The van der Waals surface area contributed by atoms with Crippen molar-refractivity contribution >= 4 is 13.7 Å². The molecule has 8 nitrogen and oxygen atoms in total. The summed E-state index contributed by atoms with van der Waals surface area (Å²) in [7, 11) is 1.20. The van der Waals surface area contributed by atoms with Crippen LogP contribution >= 0.6 is 7.82 Å². The van der Waals surface area contributed by atoms with Crippen molar-refractivity contribution in [3.8, 4) is 0 Å². The second-order valence-corrected chi connectivity index (χ2v) is 25.2. The summed E-state index contributed by atoms with van der Waals surface area (Å²) in [5, 5.41) is 13.9. The van der Waals surface area contributed by atoms with Gasteiger partial charge in [-0.15, -0.1) is 0 Å². The highest BCUT2D eigenvalue weighted by Gasteiger charge is 2.23. The van der Waals surface area contributed by atoms with Crippen LogP contribution in [0, 0.1) is 0 Å². The summed E-state index contributed by atoms with van der Waals surface area (Å²) < 4.78 is 23.4. The third-order valence-electron chi connectivity index (χ3n) is 14.4. The summed E-state index contributed by atoms with van der Waals surface area (Å²) >= 11 is 0. The summed E-state index contributed by atoms with van der Waals surface area (Å²) in [6, 6.07) is -0.932. The van der Waals surface area contributed by atoms with E-state index >= 15 is 0 Å². The molecule has 3 atom stereocenters. The Balaban J connectivity index is 4.26. The fraction of sp³-hybridized carbons (Fsp3) is 0.645. The minimum absolute atomic E-state index is 0.0206. The number of hydrogen-bond donors (Lipinski definition) is 2. The predicted molar refractivity (Wildman–Crippen MR) is 371 cm³/mol. The van der Waals surface area contributed by atoms with Gasteiger partial charge in [-0.25, -0.2) is 0 Å². The number of rotatable bonds is 61. The number of phosphoric ester groups is 1. The van der Waals surface area contributed by atoms with Crippen LogP contribution in [0.15, 0.2) is 158 Å². The van der Waals surface area contributed by atoms with Crippen LogP contribution in [0.2, 0.25) is 0 Å². The van der Waals surface area contributed by atoms with Gasteiger partial charge in [-0.05, 0) is 122 Å². The van der Waals surface area contributed by atoms with Gasteiger partial charge in [-0.2, -0.15) is 0 Å². The molecule has 0 spiro atoms. The molecule has 2 N–H and O–H groups in total. The van der Waals surface area contributed by atoms with Gasteiger partial charge in [0, 0.05) is 6.42 Å². The molecule has 0 saturated carbocycles. The molecule has 0 rings (SSSR count). The van der Waals surface area contributed by atoms with E-state index in [4.69, 9.17) is 9.05 Å². The van der Waals surface area contributed by atoms with Crippen LogP contribution in [0.4, 0.5) is 0 Å². The van der Waals surface area contributed by atoms with E-state index in [-0.39, 0.29) is 12.5 Å². The van der Waals surface area contributed by atoms with Gasteiger partial charge < -0.3 is 28.8 Å². The van der Waals surface area contributed by atoms with Crippen molar-refractivity contribution in [1.82, 2.24) is 5.32 Å². The van der Waals surface area contributed by atoms with Gasteiger partial charge in [0.2, 0.25) is 5.91 Å². The van der Waals surface area contributed by atoms with Gasteiger partial charge in [-0.1, -0.05) is 294 Å². The molecular weight excluding hydrogens is 1070 g/mol. The Morgan fingerprint density at radius 3 is 1.09 bits per heavy atom. The van der Waals surface area contributed by atoms with Crippen LogP contribution in [-0.2, 0) is 18.4 Å². The molecule has 0 aliphatic carbocycles. The number of aliphatic hydroxyl groups excluding tert-OH is 1. The van der Waals surface area contributed by atoms with Crippen molar-refractivity contribution in [2.75, 3.05) is 40.9 Å². The van der Waals surface area contributed by atoms with Crippen molar-refractivity contribution in [2.24, 2.45) is 0 Å². The highest BCUT2D eigenvalue weighted by atomic mass is 31.2. The van der Waals surface area contributed by atoms with Crippen LogP contribution in [0.25, 0.3) is 0 Å². The second kappa shape index (κ2) is 64.6. The van der Waals surface area contributed by atoms with Crippen LogP contribution in [-0.4, -0.2) is 68.5 Å². The van der Waals surface area contributed by atoms with Crippen LogP contribution in [0.1, 0.15) is 264 Å². The number of amides is 1. The van der Waals surface area contributed by atoms with Crippen LogP contribution in [0.5, 0.6) is 0 Å². The molecule has 0 bridgehead atoms. The molecule has 0 aliphatic rings. The van der Waals surface area contributed by atoms with E-state index in [1.807, 2.05) is 27.2 Å². The fourth-order valence-electron chi connectivity index (χ4n) is 9.15. The molecule has 0 aliphatic heterocycles. The zero-order valence-electron chi connectivity index (χ0n) is 55.2. The maximum absolute atomic E-state index is 13.0. The van der Waals surface area contributed by atoms with Gasteiger partial charge in [0.05, 0.1) is 39.9 Å². The van der Waals surface area contributed by atoms with Crippen molar-refractivity contribution < 1.29 is 32.9 Å². The lowest BCUT2D eigenvalue weighted by molar-refractivity contribution is -0.870. The first-order chi connectivity index (χ1) is 41.5. The smallest absolute Gasteiger partial charge is 0.268 e. The van der Waals surface area contributed by atoms with E-state index in [1.165, 1.54) is 109 Å². The summed E-state index contributed by atoms with van der Waals surface area (Å²) in [6.07, 6.45) is 101. The zero-order chi connectivity index (χ0) is 61.9. The van der Waals surface area contributed by atoms with Crippen LogP contribution < -0.4 is 10.2 Å². The van der Waals surface area contributed by atoms with E-state index in [2.05, 4.69) is 165 Å². The Labute approximate surface area is 524 Å². The van der Waals surface area contributed by atoms with E-state index in [9.17, 15) is 19.4 Å². The normalized spacial score (nSPS) is 14.7. The second-order valence-electron chi connectivity index (χ2n) is 23.8. The molecule has 85 heavy (non-hydrogen) atoms. The van der Waals surface area contributed by atoms with Crippen molar-refractivity contribution in [3.05, 3.63) is 158 Å². The molecule has 0 heterocycles. The minimum Gasteiger partial charge on any atom is -0.756 e. The number of carbonyl (C=O) groups is 1. The number of allylic oxidation sites excluding steroid dienone is 25. The number of quaternary nitrogens is 1. The number of aliphatic hydroxyl groups is 1. The van der Waals surface area contributed by atoms with E-state index < -0.39 is 26.6 Å². The Bertz CT molecular complexity index is 1940. The number of unbranched alkanes of at least 4 members (excludes halogenated alkanes) is 24. The topological polar surface area (TPSA) is 108 Å². The number of nitrogens with one attached hydrogen (secondary N) is 1. The summed E-state index contributed by atoms with van der Waals surface area (Å²) in [5.74, 6) is -0.231. The summed E-state index contributed by atoms with van der Waals surface area (Å²) in [5.41, 5.74) is 0. The Morgan fingerprint density at radius 2 is 0.729 bits per heavy atom. The zero-order valence-corrected chi connectivity index (χ0v) is 56.1. The molecule has 1 amide bonds. The average molecular weight is 1200 g/mol. The number of hydrogen-bond acceptors (Lipinski definition) is 6. The predicted octanol–water partition coefficient (Wildman–Crippen LogP) is 21.5. The standard InChI is InChI=1S/C76H129N2O6P/c1-6-8-10-12-14-16-18-20-22-24-26-28-30-32-34-35-36-37-38-39-40-41-42-43-44-46-48-50-52-54-56-58-60-62-64-66-68-70-76(80)77-74(73-84-85(81,82)83-72-71-78(3,4)5)75(79)69-67-65-63-61-59-57-55-53-51-49-47-45-33-31-29-27-25-23-21-19-17-15-13-11-9-7-2/h8,10,14,16,20,22,26,28,32,34,36-37,39-40,42-43,46,48,51-54,59,61,67,69,74-75,79H,6-7,9,11-13,15,17-19,21,23-25,27,29-31,33,35,38,41,44-45,47,49-50,55-58,60,62-66,68,70-73H2,1-5H3,(H-,77,80,81,82)/b10-8-,16-14-,22-20-,28-26-,34-32-,37-36-,40-39-,43-42-,48-46-,53-51+,54-52-,61-59+,69-67+. The Morgan fingerprint density at radius 1 is 0.424 bits per heavy atom. The van der Waals surface area contributed by atoms with Crippen molar-refractivity contribution in [2.45, 2.75) is 276 Å². The van der Waals surface area contributed by atoms with Gasteiger partial charge in [0.15, 0.2) is 0 Å². The van der Waals surface area contributed by atoms with E-state index in [0.29, 0.717) is 17.4 Å². The maximum Gasteiger partial charge on any atom is 0.268 e. The van der Waals surface area contributed by atoms with Crippen LogP contribution in [0.3, 0.4) is 0 Å². The lowest BCUT2D eigenvalue weighted by Crippen LogP contribution is -2.45. The van der Waals surface area contributed by atoms with Crippen molar-refractivity contribution in [3.63, 3.8) is 0 Å². The maximum atomic E-state index is 13.0. The quantitative estimate of drug-likeness (QED) is 0.0272. The first-order valence-corrected chi connectivity index (χ1v) is 35.8. The largest absolute Gasteiger partial charge is 0.756 e. The minimum atomic E-state index is -4.63. The molecular formula is C76H129N2O6P. The van der Waals surface area contributed by atoms with Crippen molar-refractivity contribution in [1.29, 1.82) is 0 Å². The number of likely N-dealkylation sites (N-methyl/N-ethyl adjacent to an activating group) is 1. The molecule has 0 aromatic heterocycles. The highest BCUT2D eigenvalue weighted by molar-refractivity contribution is 7.45. The summed E-state index contributed by atoms with van der Waals surface area (Å²) in [6.45, 7) is 4.49. The Kier molecular flexibility index (Phi) is 61.6. The first kappa shape index (κ1) is 81.1. The first-order valence-electron chi connectivity index (χ1n) is 34.3. The molecule has 0 aromatic rings. The third kappa shape index (κ3) is 67.5. The average Bonchev–Trinajstić information content (AvgIpc) is 3.49. The monoisotopic (exact) mass is 1200 g/mol. The third-order valence-corrected chi connectivity index (χ3v) is 15.4. The van der Waals surface area contributed by atoms with Gasteiger partial charge in [-0.3, -0.25) is 9.36 Å². The van der Waals surface area contributed by atoms with Gasteiger partial charge in [0.1, 0.15) is 13.2 Å². The number of phosphoric acid groups is 1. The SMILES string of the molecule is CC/C=C\C/C=C\C/C=C\C/C=C\C/C=C\C/C=C\C/C=C\C/C=C\C/C=C\C/C=C\CCCCCCCCC(=O)NC(COP(=O)([O-])OCC[N+](C)(C)C)C(O)/C=C/CC/C=C/CC/C=C/CCCCCCCCCCCCCCCCCC. The lowest BCUT2D eigenvalue weighted by Gasteiger charge is -2.29. The van der Waals surface area contributed by atoms with E-state index in [1.54, 1.807) is 6.08 Å². The molecule has 0 saturated heterocycles. The van der Waals surface area contributed by atoms with E-state index in [0.717, 1.165) is 135 Å². The molecule has 484 valence electrons. The molecule has 3 unspecified atom stereocenters. The molecule has 0 radical (unpaired) electrons. The molecule has 9 heteroatoms.